The molecule has 2 nitrogen and oxygen atoms in total. The minimum absolute atomic E-state index is 0.305. The summed E-state index contributed by atoms with van der Waals surface area (Å²) in [5, 5.41) is 0. The quantitative estimate of drug-likeness (QED) is 0.671. The van der Waals surface area contributed by atoms with Gasteiger partial charge in [-0.15, -0.1) is 0 Å². The first-order valence-corrected chi connectivity index (χ1v) is 4.52. The first-order chi connectivity index (χ1) is 5.79. The highest BCUT2D eigenvalue weighted by molar-refractivity contribution is 5.30. The Morgan fingerprint density at radius 3 is 3.17 bits per heavy atom. The van der Waals surface area contributed by atoms with Crippen molar-refractivity contribution in [2.45, 2.75) is 32.2 Å². The molecule has 0 bridgehead atoms. The van der Waals surface area contributed by atoms with Crippen LogP contribution in [0.15, 0.2) is 12.3 Å². The van der Waals surface area contributed by atoms with Gasteiger partial charge in [-0.05, 0) is 24.0 Å². The topological polar surface area (TPSA) is 38.9 Å². The van der Waals surface area contributed by atoms with Crippen molar-refractivity contribution < 1.29 is 0 Å². The predicted octanol–water partition coefficient (Wildman–Crippen LogP) is 1.07. The molecule has 2 heteroatoms. The molecular formula is C10H14N2. The third kappa shape index (κ3) is 1.23. The minimum atomic E-state index is 0.305. The van der Waals surface area contributed by atoms with Crippen LogP contribution in [-0.2, 0) is 19.3 Å². The number of hydrogen-bond acceptors (Lipinski definition) is 2. The van der Waals surface area contributed by atoms with Gasteiger partial charge >= 0.3 is 0 Å². The third-order valence-corrected chi connectivity index (χ3v) is 2.46. The van der Waals surface area contributed by atoms with E-state index in [0.29, 0.717) is 6.04 Å². The number of rotatable bonds is 1. The maximum Gasteiger partial charge on any atom is 0.0451 e. The molecule has 0 aliphatic heterocycles. The molecule has 0 saturated carbocycles. The number of pyridine rings is 1. The molecule has 1 aliphatic rings. The normalized spacial score (nSPS) is 21.0. The highest BCUT2D eigenvalue weighted by atomic mass is 14.7. The maximum atomic E-state index is 5.84. The molecule has 0 spiro atoms. The van der Waals surface area contributed by atoms with Crippen molar-refractivity contribution in [3.8, 4) is 0 Å². The molecule has 1 unspecified atom stereocenters. The second kappa shape index (κ2) is 2.87. The Morgan fingerprint density at radius 1 is 1.58 bits per heavy atom. The summed E-state index contributed by atoms with van der Waals surface area (Å²) in [4.78, 5) is 4.40. The lowest BCUT2D eigenvalue weighted by Crippen LogP contribution is -2.19. The molecule has 1 atom stereocenters. The molecule has 2 N–H and O–H groups in total. The van der Waals surface area contributed by atoms with Gasteiger partial charge in [-0.2, -0.15) is 0 Å². The number of aryl methyl sites for hydroxylation is 1. The molecule has 12 heavy (non-hydrogen) atoms. The largest absolute Gasteiger partial charge is 0.327 e. The average molecular weight is 162 g/mol. The van der Waals surface area contributed by atoms with Gasteiger partial charge < -0.3 is 5.73 Å². The summed E-state index contributed by atoms with van der Waals surface area (Å²) in [6, 6.07) is 2.55. The zero-order valence-electron chi connectivity index (χ0n) is 7.38. The van der Waals surface area contributed by atoms with Gasteiger partial charge in [0, 0.05) is 24.4 Å². The van der Waals surface area contributed by atoms with Gasteiger partial charge in [-0.25, -0.2) is 0 Å². The summed E-state index contributed by atoms with van der Waals surface area (Å²) in [5.74, 6) is 0. The highest BCUT2D eigenvalue weighted by Crippen LogP contribution is 2.19. The third-order valence-electron chi connectivity index (χ3n) is 2.46. The van der Waals surface area contributed by atoms with Crippen LogP contribution < -0.4 is 5.73 Å². The predicted molar refractivity (Wildman–Crippen MR) is 49.0 cm³/mol. The Balaban J connectivity index is 2.35. The molecule has 1 aliphatic carbocycles. The molecule has 64 valence electrons. The Hall–Kier alpha value is -0.890. The van der Waals surface area contributed by atoms with E-state index in [1.54, 1.807) is 0 Å². The van der Waals surface area contributed by atoms with E-state index in [9.17, 15) is 0 Å². The molecule has 0 saturated heterocycles. The van der Waals surface area contributed by atoms with Gasteiger partial charge in [0.15, 0.2) is 0 Å². The minimum Gasteiger partial charge on any atom is -0.327 e. The van der Waals surface area contributed by atoms with Crippen LogP contribution in [0.4, 0.5) is 0 Å². The summed E-state index contributed by atoms with van der Waals surface area (Å²) in [5.41, 5.74) is 9.73. The smallest absolute Gasteiger partial charge is 0.0451 e. The van der Waals surface area contributed by atoms with Crippen molar-refractivity contribution >= 4 is 0 Å². The number of fused-ring (bicyclic) bond motifs is 1. The zero-order chi connectivity index (χ0) is 8.55. The van der Waals surface area contributed by atoms with Gasteiger partial charge in [0.25, 0.3) is 0 Å². The van der Waals surface area contributed by atoms with Crippen LogP contribution >= 0.6 is 0 Å². The Kier molecular flexibility index (Phi) is 1.85. The van der Waals surface area contributed by atoms with Crippen molar-refractivity contribution in [1.82, 2.24) is 4.98 Å². The molecule has 1 heterocycles. The first kappa shape index (κ1) is 7.74. The molecule has 0 aromatic carbocycles. The molecule has 0 fully saturated rings. The highest BCUT2D eigenvalue weighted by Gasteiger charge is 2.18. The lowest BCUT2D eigenvalue weighted by molar-refractivity contribution is 0.716. The Labute approximate surface area is 72.8 Å². The van der Waals surface area contributed by atoms with Gasteiger partial charge in [0.2, 0.25) is 0 Å². The summed E-state index contributed by atoms with van der Waals surface area (Å²) in [6.07, 6.45) is 5.00. The van der Waals surface area contributed by atoms with E-state index >= 15 is 0 Å². The van der Waals surface area contributed by atoms with E-state index in [1.165, 1.54) is 16.8 Å². The van der Waals surface area contributed by atoms with Gasteiger partial charge in [0.1, 0.15) is 0 Å². The molecule has 0 radical (unpaired) electrons. The number of nitrogens with two attached hydrogens (primary N) is 1. The fourth-order valence-corrected chi connectivity index (χ4v) is 1.74. The number of nitrogens with zero attached hydrogens (tertiary/aromatic N) is 1. The Morgan fingerprint density at radius 2 is 2.42 bits per heavy atom. The summed E-state index contributed by atoms with van der Waals surface area (Å²) < 4.78 is 0. The van der Waals surface area contributed by atoms with Crippen LogP contribution in [0.3, 0.4) is 0 Å². The van der Waals surface area contributed by atoms with Gasteiger partial charge in [-0.3, -0.25) is 4.98 Å². The van der Waals surface area contributed by atoms with Gasteiger partial charge in [0.05, 0.1) is 0 Å². The van der Waals surface area contributed by atoms with Crippen molar-refractivity contribution in [3.63, 3.8) is 0 Å². The fraction of sp³-hybridized carbons (Fsp3) is 0.500. The van der Waals surface area contributed by atoms with E-state index in [-0.39, 0.29) is 0 Å². The second-order valence-corrected chi connectivity index (χ2v) is 3.47. The summed E-state index contributed by atoms with van der Waals surface area (Å²) in [7, 11) is 0. The van der Waals surface area contributed by atoms with E-state index < -0.39 is 0 Å². The molecular weight excluding hydrogens is 148 g/mol. The van der Waals surface area contributed by atoms with Crippen LogP contribution in [0.1, 0.15) is 23.7 Å². The van der Waals surface area contributed by atoms with E-state index in [0.717, 1.165) is 19.3 Å². The number of hydrogen-bond donors (Lipinski definition) is 1. The number of aromatic nitrogens is 1. The van der Waals surface area contributed by atoms with Crippen LogP contribution in [0.5, 0.6) is 0 Å². The van der Waals surface area contributed by atoms with Crippen molar-refractivity contribution in [1.29, 1.82) is 0 Å². The summed E-state index contributed by atoms with van der Waals surface area (Å²) >= 11 is 0. The molecule has 0 amide bonds. The average Bonchev–Trinajstić information content (AvgIpc) is 2.43. The van der Waals surface area contributed by atoms with Crippen molar-refractivity contribution in [2.24, 2.45) is 5.73 Å². The van der Waals surface area contributed by atoms with E-state index in [1.807, 2.05) is 6.20 Å². The van der Waals surface area contributed by atoms with Crippen LogP contribution in [-0.4, -0.2) is 11.0 Å². The monoisotopic (exact) mass is 162 g/mol. The molecule has 1 aromatic rings. The Bertz CT molecular complexity index is 294. The van der Waals surface area contributed by atoms with Crippen LogP contribution in [0.25, 0.3) is 0 Å². The lowest BCUT2D eigenvalue weighted by Gasteiger charge is -1.99. The second-order valence-electron chi connectivity index (χ2n) is 3.47. The SMILES string of the molecule is CCc1cnc2c(c1)CC(N)C2. The summed E-state index contributed by atoms with van der Waals surface area (Å²) in [6.45, 7) is 2.15. The van der Waals surface area contributed by atoms with Crippen LogP contribution in [0, 0.1) is 0 Å². The van der Waals surface area contributed by atoms with Gasteiger partial charge in [-0.1, -0.05) is 13.0 Å². The zero-order valence-corrected chi connectivity index (χ0v) is 7.38. The van der Waals surface area contributed by atoms with Crippen molar-refractivity contribution in [2.75, 3.05) is 0 Å². The van der Waals surface area contributed by atoms with Crippen molar-refractivity contribution in [3.05, 3.63) is 29.1 Å². The van der Waals surface area contributed by atoms with E-state index in [2.05, 4.69) is 18.0 Å². The lowest BCUT2D eigenvalue weighted by atomic mass is 10.1. The maximum absolute atomic E-state index is 5.84. The standard InChI is InChI=1S/C10H14N2/c1-2-7-3-8-4-9(11)5-10(8)12-6-7/h3,6,9H,2,4-5,11H2,1H3. The first-order valence-electron chi connectivity index (χ1n) is 4.52. The molecule has 1 aromatic heterocycles. The molecule has 2 rings (SSSR count). The van der Waals surface area contributed by atoms with E-state index in [4.69, 9.17) is 5.73 Å². The van der Waals surface area contributed by atoms with Crippen LogP contribution in [0.2, 0.25) is 0 Å². The fourth-order valence-electron chi connectivity index (χ4n) is 1.74.